The third-order valence-electron chi connectivity index (χ3n) is 2.40. The van der Waals surface area contributed by atoms with E-state index < -0.39 is 17.6 Å². The first-order valence-corrected chi connectivity index (χ1v) is 4.51. The van der Waals surface area contributed by atoms with Crippen molar-refractivity contribution in [3.05, 3.63) is 41.3 Å². The van der Waals surface area contributed by atoms with Crippen molar-refractivity contribution in [2.45, 2.75) is 13.1 Å². The maximum Gasteiger partial charge on any atom is 0.416 e. The van der Waals surface area contributed by atoms with Gasteiger partial charge in [-0.1, -0.05) is 6.07 Å². The van der Waals surface area contributed by atoms with Crippen LogP contribution in [0, 0.1) is 12.7 Å². The van der Waals surface area contributed by atoms with Gasteiger partial charge in [-0.3, -0.25) is 4.98 Å². The zero-order chi connectivity index (χ0) is 11.9. The zero-order valence-corrected chi connectivity index (χ0v) is 8.27. The van der Waals surface area contributed by atoms with Crippen LogP contribution in [0.3, 0.4) is 0 Å². The molecule has 0 radical (unpaired) electrons. The lowest BCUT2D eigenvalue weighted by Crippen LogP contribution is -2.04. The molecule has 0 saturated heterocycles. The summed E-state index contributed by atoms with van der Waals surface area (Å²) < 4.78 is 50.3. The summed E-state index contributed by atoms with van der Waals surface area (Å²) in [7, 11) is 0. The second-order valence-electron chi connectivity index (χ2n) is 3.46. The highest BCUT2D eigenvalue weighted by molar-refractivity contribution is 5.82. The summed E-state index contributed by atoms with van der Waals surface area (Å²) in [6.07, 6.45) is -3.48. The van der Waals surface area contributed by atoms with E-state index in [0.29, 0.717) is 10.9 Å². The summed E-state index contributed by atoms with van der Waals surface area (Å²) >= 11 is 0. The molecule has 0 saturated carbocycles. The number of aryl methyl sites for hydroxylation is 1. The molecule has 0 bridgehead atoms. The molecule has 0 spiro atoms. The Morgan fingerprint density at radius 1 is 1.19 bits per heavy atom. The molecule has 1 nitrogen and oxygen atoms in total. The minimum absolute atomic E-state index is 0.147. The van der Waals surface area contributed by atoms with E-state index in [1.54, 1.807) is 0 Å². The van der Waals surface area contributed by atoms with Crippen LogP contribution in [0.2, 0.25) is 0 Å². The van der Waals surface area contributed by atoms with Crippen LogP contribution in [0.1, 0.15) is 11.1 Å². The van der Waals surface area contributed by atoms with Crippen LogP contribution < -0.4 is 0 Å². The van der Waals surface area contributed by atoms with Gasteiger partial charge in [0.2, 0.25) is 0 Å². The van der Waals surface area contributed by atoms with Crippen LogP contribution in [0.25, 0.3) is 10.9 Å². The van der Waals surface area contributed by atoms with Crippen molar-refractivity contribution in [1.82, 2.24) is 4.98 Å². The Bertz CT molecular complexity index is 545. The Labute approximate surface area is 88.7 Å². The van der Waals surface area contributed by atoms with E-state index in [4.69, 9.17) is 0 Å². The molecule has 0 aliphatic carbocycles. The monoisotopic (exact) mass is 229 g/mol. The second kappa shape index (κ2) is 3.43. The number of benzene rings is 1. The zero-order valence-electron chi connectivity index (χ0n) is 8.27. The number of halogens is 4. The normalized spacial score (nSPS) is 12.1. The first-order chi connectivity index (χ1) is 7.39. The Kier molecular flexibility index (Phi) is 2.33. The van der Waals surface area contributed by atoms with Crippen LogP contribution in [0.5, 0.6) is 0 Å². The predicted octanol–water partition coefficient (Wildman–Crippen LogP) is 3.70. The molecule has 5 heteroatoms. The number of alkyl halides is 3. The van der Waals surface area contributed by atoms with Crippen molar-refractivity contribution >= 4 is 10.9 Å². The largest absolute Gasteiger partial charge is 0.416 e. The van der Waals surface area contributed by atoms with Gasteiger partial charge in [-0.2, -0.15) is 13.2 Å². The maximum atomic E-state index is 13.1. The highest BCUT2D eigenvalue weighted by atomic mass is 19.4. The van der Waals surface area contributed by atoms with E-state index in [2.05, 4.69) is 4.98 Å². The Morgan fingerprint density at radius 2 is 1.88 bits per heavy atom. The number of nitrogens with zero attached hydrogens (tertiary/aromatic N) is 1. The van der Waals surface area contributed by atoms with E-state index in [0.717, 1.165) is 18.3 Å². The van der Waals surface area contributed by atoms with Crippen molar-refractivity contribution in [1.29, 1.82) is 0 Å². The van der Waals surface area contributed by atoms with Gasteiger partial charge in [0.1, 0.15) is 5.82 Å². The summed E-state index contributed by atoms with van der Waals surface area (Å²) in [5.74, 6) is -0.521. The summed E-state index contributed by atoms with van der Waals surface area (Å²) in [6, 6.07) is 3.09. The third-order valence-corrected chi connectivity index (χ3v) is 2.40. The molecule has 0 atom stereocenters. The smallest absolute Gasteiger partial charge is 0.253 e. The van der Waals surface area contributed by atoms with Crippen LogP contribution in [-0.2, 0) is 6.18 Å². The average molecular weight is 229 g/mol. The van der Waals surface area contributed by atoms with E-state index in [9.17, 15) is 17.6 Å². The summed E-state index contributed by atoms with van der Waals surface area (Å²) in [5.41, 5.74) is -0.328. The molecule has 2 rings (SSSR count). The fourth-order valence-electron chi connectivity index (χ4n) is 1.48. The van der Waals surface area contributed by atoms with Crippen LogP contribution in [0.4, 0.5) is 17.6 Å². The van der Waals surface area contributed by atoms with Gasteiger partial charge in [-0.25, -0.2) is 4.39 Å². The molecule has 0 N–H and O–H groups in total. The number of pyridine rings is 1. The van der Waals surface area contributed by atoms with E-state index in [1.165, 1.54) is 13.0 Å². The van der Waals surface area contributed by atoms with Crippen molar-refractivity contribution in [2.24, 2.45) is 0 Å². The van der Waals surface area contributed by atoms with Gasteiger partial charge in [0, 0.05) is 5.39 Å². The van der Waals surface area contributed by atoms with Gasteiger partial charge in [0.15, 0.2) is 0 Å². The molecule has 1 aromatic heterocycles. The molecule has 0 amide bonds. The molecule has 16 heavy (non-hydrogen) atoms. The minimum Gasteiger partial charge on any atom is -0.253 e. The molecule has 0 unspecified atom stereocenters. The molecule has 1 aromatic carbocycles. The highest BCUT2D eigenvalue weighted by Gasteiger charge is 2.30. The topological polar surface area (TPSA) is 12.9 Å². The molecule has 1 heterocycles. The molecule has 0 aliphatic heterocycles. The Hall–Kier alpha value is -1.65. The molecule has 84 valence electrons. The molecule has 0 aliphatic rings. The van der Waals surface area contributed by atoms with Crippen LogP contribution in [-0.4, -0.2) is 4.98 Å². The summed E-state index contributed by atoms with van der Waals surface area (Å²) in [4.78, 5) is 3.64. The highest BCUT2D eigenvalue weighted by Crippen LogP contribution is 2.31. The third kappa shape index (κ3) is 1.73. The van der Waals surface area contributed by atoms with Gasteiger partial charge in [0.25, 0.3) is 0 Å². The quantitative estimate of drug-likeness (QED) is 0.627. The van der Waals surface area contributed by atoms with Crippen molar-refractivity contribution in [3.8, 4) is 0 Å². The first-order valence-electron chi connectivity index (χ1n) is 4.51. The number of hydrogen-bond acceptors (Lipinski definition) is 1. The van der Waals surface area contributed by atoms with E-state index in [1.807, 2.05) is 0 Å². The summed E-state index contributed by atoms with van der Waals surface area (Å²) in [6.45, 7) is 1.51. The van der Waals surface area contributed by atoms with Gasteiger partial charge < -0.3 is 0 Å². The van der Waals surface area contributed by atoms with Crippen molar-refractivity contribution < 1.29 is 17.6 Å². The Morgan fingerprint density at radius 3 is 2.50 bits per heavy atom. The summed E-state index contributed by atoms with van der Waals surface area (Å²) in [5, 5.41) is 0.396. The predicted molar refractivity (Wildman–Crippen MR) is 51.4 cm³/mol. The van der Waals surface area contributed by atoms with Gasteiger partial charge in [-0.15, -0.1) is 0 Å². The molecular weight excluding hydrogens is 222 g/mol. The maximum absolute atomic E-state index is 13.1. The lowest BCUT2D eigenvalue weighted by atomic mass is 10.1. The van der Waals surface area contributed by atoms with Crippen molar-refractivity contribution in [2.75, 3.05) is 0 Å². The number of aromatic nitrogens is 1. The van der Waals surface area contributed by atoms with Gasteiger partial charge >= 0.3 is 6.18 Å². The lowest BCUT2D eigenvalue weighted by Gasteiger charge is -2.08. The van der Waals surface area contributed by atoms with Gasteiger partial charge in [0.05, 0.1) is 17.3 Å². The second-order valence-corrected chi connectivity index (χ2v) is 3.46. The van der Waals surface area contributed by atoms with Crippen LogP contribution >= 0.6 is 0 Å². The standard InChI is InChI=1S/C11H7F4N/c1-6-8-3-2-7(11(13,14)15)4-10(8)16-5-9(6)12/h2-5H,1H3. The van der Waals surface area contributed by atoms with E-state index >= 15 is 0 Å². The van der Waals surface area contributed by atoms with Gasteiger partial charge in [-0.05, 0) is 24.6 Å². The Balaban J connectivity index is 2.70. The van der Waals surface area contributed by atoms with Crippen molar-refractivity contribution in [3.63, 3.8) is 0 Å². The van der Waals surface area contributed by atoms with E-state index in [-0.39, 0.29) is 5.52 Å². The lowest BCUT2D eigenvalue weighted by molar-refractivity contribution is -0.137. The average Bonchev–Trinajstić information content (AvgIpc) is 2.22. The molecule has 0 fully saturated rings. The fourth-order valence-corrected chi connectivity index (χ4v) is 1.48. The number of fused-ring (bicyclic) bond motifs is 1. The SMILES string of the molecule is Cc1c(F)cnc2cc(C(F)(F)F)ccc12. The number of rotatable bonds is 0. The first kappa shape index (κ1) is 10.9. The number of hydrogen-bond donors (Lipinski definition) is 0. The minimum atomic E-state index is -4.40. The molecule has 2 aromatic rings. The fraction of sp³-hybridized carbons (Fsp3) is 0.182. The molecular formula is C11H7F4N. The van der Waals surface area contributed by atoms with Crippen LogP contribution in [0.15, 0.2) is 24.4 Å².